The number of nitrogens with zero attached hydrogens (tertiary/aromatic N) is 3. The number of amides is 1. The maximum atomic E-state index is 12.4. The second kappa shape index (κ2) is 5.43. The van der Waals surface area contributed by atoms with E-state index >= 15 is 0 Å². The summed E-state index contributed by atoms with van der Waals surface area (Å²) in [6.45, 7) is 6.30. The normalized spacial score (nSPS) is 18.9. The predicted molar refractivity (Wildman–Crippen MR) is 83.8 cm³/mol. The number of rotatable bonds is 1. The molecule has 6 nitrogen and oxygen atoms in total. The molecule has 2 aromatic heterocycles. The summed E-state index contributed by atoms with van der Waals surface area (Å²) < 4.78 is 5.49. The Kier molecular flexibility index (Phi) is 3.72. The van der Waals surface area contributed by atoms with Gasteiger partial charge < -0.3 is 9.72 Å². The molecule has 22 heavy (non-hydrogen) atoms. The fourth-order valence-electron chi connectivity index (χ4n) is 2.74. The van der Waals surface area contributed by atoms with Crippen molar-refractivity contribution in [2.24, 2.45) is 0 Å². The van der Waals surface area contributed by atoms with Crippen molar-refractivity contribution in [2.75, 3.05) is 6.54 Å². The van der Waals surface area contributed by atoms with Crippen LogP contribution in [0.3, 0.4) is 0 Å². The molecule has 1 fully saturated rings. The molecule has 0 spiro atoms. The Morgan fingerprint density at radius 1 is 1.45 bits per heavy atom. The summed E-state index contributed by atoms with van der Waals surface area (Å²) in [5.74, 6) is 0. The zero-order valence-electron chi connectivity index (χ0n) is 12.9. The molecule has 3 rings (SSSR count). The van der Waals surface area contributed by atoms with E-state index in [1.54, 1.807) is 4.90 Å². The number of hydrogen-bond acceptors (Lipinski definition) is 4. The SMILES string of the molecule is CC(C)(C)OC(=O)N1CCCC1c1cc2ncnc(Cl)c2[nH]1. The lowest BCUT2D eigenvalue weighted by Crippen LogP contribution is -2.36. The molecule has 1 unspecified atom stereocenters. The van der Waals surface area contributed by atoms with Crippen molar-refractivity contribution in [3.8, 4) is 0 Å². The highest BCUT2D eigenvalue weighted by Gasteiger charge is 2.34. The van der Waals surface area contributed by atoms with Gasteiger partial charge in [0, 0.05) is 12.2 Å². The molecule has 7 heteroatoms. The van der Waals surface area contributed by atoms with Crippen LogP contribution < -0.4 is 0 Å². The summed E-state index contributed by atoms with van der Waals surface area (Å²) >= 11 is 6.08. The van der Waals surface area contributed by atoms with E-state index in [-0.39, 0.29) is 12.1 Å². The molecular weight excluding hydrogens is 304 g/mol. The Morgan fingerprint density at radius 3 is 2.91 bits per heavy atom. The lowest BCUT2D eigenvalue weighted by molar-refractivity contribution is 0.0222. The van der Waals surface area contributed by atoms with E-state index in [1.807, 2.05) is 26.8 Å². The maximum Gasteiger partial charge on any atom is 0.410 e. The smallest absolute Gasteiger partial charge is 0.410 e. The van der Waals surface area contributed by atoms with Gasteiger partial charge >= 0.3 is 6.09 Å². The zero-order chi connectivity index (χ0) is 15.9. The minimum absolute atomic E-state index is 0.0416. The van der Waals surface area contributed by atoms with E-state index in [0.717, 1.165) is 24.1 Å². The average Bonchev–Trinajstić information content (AvgIpc) is 3.03. The van der Waals surface area contributed by atoms with Crippen LogP contribution in [0.25, 0.3) is 11.0 Å². The first-order chi connectivity index (χ1) is 10.3. The molecule has 1 aliphatic heterocycles. The van der Waals surface area contributed by atoms with E-state index in [2.05, 4.69) is 15.0 Å². The van der Waals surface area contributed by atoms with Gasteiger partial charge in [-0.05, 0) is 39.7 Å². The number of aromatic nitrogens is 3. The topological polar surface area (TPSA) is 71.1 Å². The molecule has 1 amide bonds. The molecule has 0 bridgehead atoms. The average molecular weight is 323 g/mol. The minimum Gasteiger partial charge on any atom is -0.444 e. The molecule has 1 atom stereocenters. The molecule has 2 aromatic rings. The Bertz CT molecular complexity index is 707. The number of carbonyl (C=O) groups excluding carboxylic acids is 1. The van der Waals surface area contributed by atoms with Gasteiger partial charge in [0.05, 0.1) is 11.6 Å². The summed E-state index contributed by atoms with van der Waals surface area (Å²) in [6.07, 6.45) is 2.98. The number of H-pyrrole nitrogens is 1. The Hall–Kier alpha value is -1.82. The summed E-state index contributed by atoms with van der Waals surface area (Å²) in [5, 5.41) is 0.387. The molecule has 3 heterocycles. The van der Waals surface area contributed by atoms with E-state index in [1.165, 1.54) is 6.33 Å². The second-order valence-corrected chi connectivity index (χ2v) is 6.84. The van der Waals surface area contributed by atoms with Crippen molar-refractivity contribution < 1.29 is 9.53 Å². The van der Waals surface area contributed by atoms with Crippen LogP contribution in [0.2, 0.25) is 5.15 Å². The van der Waals surface area contributed by atoms with Gasteiger partial charge in [0.2, 0.25) is 0 Å². The number of fused-ring (bicyclic) bond motifs is 1. The van der Waals surface area contributed by atoms with Crippen LogP contribution >= 0.6 is 11.6 Å². The first-order valence-corrected chi connectivity index (χ1v) is 7.72. The van der Waals surface area contributed by atoms with Gasteiger partial charge in [-0.1, -0.05) is 11.6 Å². The lowest BCUT2D eigenvalue weighted by atomic mass is 10.1. The number of aromatic amines is 1. The van der Waals surface area contributed by atoms with Crippen LogP contribution in [-0.4, -0.2) is 38.1 Å². The van der Waals surface area contributed by atoms with Gasteiger partial charge in [0.15, 0.2) is 5.15 Å². The molecule has 118 valence electrons. The zero-order valence-corrected chi connectivity index (χ0v) is 13.6. The third kappa shape index (κ3) is 2.88. The first-order valence-electron chi connectivity index (χ1n) is 7.34. The fraction of sp³-hybridized carbons (Fsp3) is 0.533. The van der Waals surface area contributed by atoms with Crippen molar-refractivity contribution in [2.45, 2.75) is 45.3 Å². The van der Waals surface area contributed by atoms with Crippen LogP contribution in [-0.2, 0) is 4.74 Å². The number of carbonyl (C=O) groups is 1. The largest absolute Gasteiger partial charge is 0.444 e. The molecule has 0 radical (unpaired) electrons. The summed E-state index contributed by atoms with van der Waals surface area (Å²) in [7, 11) is 0. The maximum absolute atomic E-state index is 12.4. The number of likely N-dealkylation sites (tertiary alicyclic amines) is 1. The minimum atomic E-state index is -0.501. The van der Waals surface area contributed by atoms with Crippen molar-refractivity contribution >= 4 is 28.7 Å². The highest BCUT2D eigenvalue weighted by molar-refractivity contribution is 6.33. The molecule has 0 aromatic carbocycles. The molecular formula is C15H19ClN4O2. The van der Waals surface area contributed by atoms with E-state index in [0.29, 0.717) is 17.2 Å². The van der Waals surface area contributed by atoms with Crippen molar-refractivity contribution in [1.29, 1.82) is 0 Å². The van der Waals surface area contributed by atoms with E-state index in [4.69, 9.17) is 16.3 Å². The number of ether oxygens (including phenoxy) is 1. The summed E-state index contributed by atoms with van der Waals surface area (Å²) in [6, 6.07) is 1.89. The standard InChI is InChI=1S/C15H19ClN4O2/c1-15(2,3)22-14(21)20-6-4-5-11(20)9-7-10-12(19-9)13(16)18-8-17-10/h7-8,11,19H,4-6H2,1-3H3. The van der Waals surface area contributed by atoms with Crippen LogP contribution in [0, 0.1) is 0 Å². The second-order valence-electron chi connectivity index (χ2n) is 6.48. The Labute approximate surface area is 133 Å². The predicted octanol–water partition coefficient (Wildman–Crippen LogP) is 3.68. The van der Waals surface area contributed by atoms with E-state index < -0.39 is 5.60 Å². The van der Waals surface area contributed by atoms with Gasteiger partial charge in [-0.25, -0.2) is 14.8 Å². The van der Waals surface area contributed by atoms with Crippen LogP contribution in [0.5, 0.6) is 0 Å². The molecule has 1 N–H and O–H groups in total. The van der Waals surface area contributed by atoms with Crippen molar-refractivity contribution in [3.63, 3.8) is 0 Å². The van der Waals surface area contributed by atoms with Gasteiger partial charge in [-0.3, -0.25) is 4.90 Å². The number of nitrogens with one attached hydrogen (secondary N) is 1. The molecule has 0 saturated carbocycles. The van der Waals surface area contributed by atoms with Crippen LogP contribution in [0.15, 0.2) is 12.4 Å². The number of halogens is 1. The highest BCUT2D eigenvalue weighted by Crippen LogP contribution is 2.34. The van der Waals surface area contributed by atoms with Gasteiger partial charge in [0.1, 0.15) is 17.4 Å². The Balaban J connectivity index is 1.88. The first kappa shape index (κ1) is 15.1. The third-order valence-corrected chi connectivity index (χ3v) is 3.92. The molecule has 1 aliphatic rings. The van der Waals surface area contributed by atoms with Crippen LogP contribution in [0.1, 0.15) is 45.3 Å². The molecule has 0 aliphatic carbocycles. The van der Waals surface area contributed by atoms with E-state index in [9.17, 15) is 4.79 Å². The van der Waals surface area contributed by atoms with Gasteiger partial charge in [0.25, 0.3) is 0 Å². The van der Waals surface area contributed by atoms with Gasteiger partial charge in [-0.15, -0.1) is 0 Å². The van der Waals surface area contributed by atoms with Crippen molar-refractivity contribution in [3.05, 3.63) is 23.2 Å². The highest BCUT2D eigenvalue weighted by atomic mass is 35.5. The number of hydrogen-bond donors (Lipinski definition) is 1. The van der Waals surface area contributed by atoms with Gasteiger partial charge in [-0.2, -0.15) is 0 Å². The molecule has 1 saturated heterocycles. The van der Waals surface area contributed by atoms with Crippen LogP contribution in [0.4, 0.5) is 4.79 Å². The van der Waals surface area contributed by atoms with Crippen molar-refractivity contribution in [1.82, 2.24) is 19.9 Å². The lowest BCUT2D eigenvalue weighted by Gasteiger charge is -2.28. The third-order valence-electron chi connectivity index (χ3n) is 3.63. The monoisotopic (exact) mass is 322 g/mol. The quantitative estimate of drug-likeness (QED) is 0.813. The Morgan fingerprint density at radius 2 is 2.23 bits per heavy atom. The summed E-state index contributed by atoms with van der Waals surface area (Å²) in [4.78, 5) is 25.5. The summed E-state index contributed by atoms with van der Waals surface area (Å²) in [5.41, 5.74) is 1.88. The fourth-order valence-corrected chi connectivity index (χ4v) is 2.93.